The minimum atomic E-state index is 0.558. The molecule has 0 atom stereocenters. The lowest BCUT2D eigenvalue weighted by Crippen LogP contribution is -2.01. The van der Waals surface area contributed by atoms with Gasteiger partial charge in [-0.3, -0.25) is 4.57 Å². The van der Waals surface area contributed by atoms with Crippen LogP contribution in [0.25, 0.3) is 16.9 Å². The van der Waals surface area contributed by atoms with Gasteiger partial charge in [0.2, 0.25) is 11.8 Å². The molecule has 0 unspecified atom stereocenters. The van der Waals surface area contributed by atoms with E-state index in [0.717, 1.165) is 16.5 Å². The minimum Gasteiger partial charge on any atom is -0.480 e. The Morgan fingerprint density at radius 1 is 1.22 bits per heavy atom. The second kappa shape index (κ2) is 4.10. The fraction of sp³-hybridized carbons (Fsp3) is 0.154. The van der Waals surface area contributed by atoms with E-state index in [1.165, 1.54) is 0 Å². The van der Waals surface area contributed by atoms with Crippen molar-refractivity contribution in [3.8, 4) is 11.8 Å². The number of ether oxygens (including phenoxy) is 1. The van der Waals surface area contributed by atoms with Crippen molar-refractivity contribution in [3.63, 3.8) is 0 Å². The van der Waals surface area contributed by atoms with Crippen LogP contribution < -0.4 is 4.74 Å². The predicted molar refractivity (Wildman–Crippen MR) is 67.9 cm³/mol. The SMILES string of the molecule is COc1nc(-n2ccnc2)nc2cc(C)ccc12. The summed E-state index contributed by atoms with van der Waals surface area (Å²) in [6, 6.07) is 6.01. The molecule has 1 aromatic carbocycles. The van der Waals surface area contributed by atoms with Crippen molar-refractivity contribution in [1.82, 2.24) is 19.5 Å². The van der Waals surface area contributed by atoms with E-state index in [1.807, 2.05) is 25.1 Å². The summed E-state index contributed by atoms with van der Waals surface area (Å²) in [5.74, 6) is 1.13. The van der Waals surface area contributed by atoms with E-state index in [4.69, 9.17) is 4.74 Å². The zero-order valence-electron chi connectivity index (χ0n) is 10.2. The monoisotopic (exact) mass is 240 g/mol. The summed E-state index contributed by atoms with van der Waals surface area (Å²) in [6.45, 7) is 2.03. The van der Waals surface area contributed by atoms with Gasteiger partial charge in [0.25, 0.3) is 0 Å². The first-order valence-electron chi connectivity index (χ1n) is 5.58. The maximum Gasteiger partial charge on any atom is 0.238 e. The molecule has 0 bridgehead atoms. The number of hydrogen-bond acceptors (Lipinski definition) is 4. The molecule has 0 aliphatic carbocycles. The van der Waals surface area contributed by atoms with Crippen LogP contribution in [0.1, 0.15) is 5.56 Å². The van der Waals surface area contributed by atoms with E-state index in [1.54, 1.807) is 30.4 Å². The summed E-state index contributed by atoms with van der Waals surface area (Å²) in [5.41, 5.74) is 2.02. The Morgan fingerprint density at radius 3 is 2.83 bits per heavy atom. The lowest BCUT2D eigenvalue weighted by Gasteiger charge is -2.08. The lowest BCUT2D eigenvalue weighted by atomic mass is 10.2. The smallest absolute Gasteiger partial charge is 0.238 e. The number of methoxy groups -OCH3 is 1. The number of imidazole rings is 1. The van der Waals surface area contributed by atoms with Gasteiger partial charge in [0.05, 0.1) is 18.0 Å². The summed E-state index contributed by atoms with van der Waals surface area (Å²) in [6.07, 6.45) is 5.16. The molecule has 0 spiro atoms. The van der Waals surface area contributed by atoms with Gasteiger partial charge in [-0.25, -0.2) is 9.97 Å². The van der Waals surface area contributed by atoms with E-state index in [-0.39, 0.29) is 0 Å². The zero-order valence-corrected chi connectivity index (χ0v) is 10.2. The molecule has 2 aromatic heterocycles. The predicted octanol–water partition coefficient (Wildman–Crippen LogP) is 2.13. The van der Waals surface area contributed by atoms with Crippen LogP contribution >= 0.6 is 0 Å². The molecule has 5 nitrogen and oxygen atoms in total. The van der Waals surface area contributed by atoms with Crippen LogP contribution in [0.2, 0.25) is 0 Å². The molecule has 0 saturated heterocycles. The summed E-state index contributed by atoms with van der Waals surface area (Å²) in [4.78, 5) is 12.9. The molecule has 90 valence electrons. The number of aromatic nitrogens is 4. The highest BCUT2D eigenvalue weighted by Crippen LogP contribution is 2.24. The standard InChI is InChI=1S/C13H12N4O/c1-9-3-4-10-11(7-9)15-13(16-12(10)18-2)17-6-5-14-8-17/h3-8H,1-2H3. The van der Waals surface area contributed by atoms with Crippen LogP contribution in [-0.4, -0.2) is 26.6 Å². The Kier molecular flexibility index (Phi) is 2.44. The zero-order chi connectivity index (χ0) is 12.5. The Morgan fingerprint density at radius 2 is 2.11 bits per heavy atom. The summed E-state index contributed by atoms with van der Waals surface area (Å²) in [5, 5.41) is 0.909. The van der Waals surface area contributed by atoms with Gasteiger partial charge in [0, 0.05) is 12.4 Å². The molecule has 5 heteroatoms. The van der Waals surface area contributed by atoms with Crippen LogP contribution in [0.4, 0.5) is 0 Å². The first-order valence-corrected chi connectivity index (χ1v) is 5.58. The van der Waals surface area contributed by atoms with Gasteiger partial charge in [-0.05, 0) is 24.6 Å². The van der Waals surface area contributed by atoms with Gasteiger partial charge in [-0.1, -0.05) is 6.07 Å². The Labute approximate surface area is 104 Å². The first kappa shape index (κ1) is 10.7. The van der Waals surface area contributed by atoms with Crippen molar-refractivity contribution >= 4 is 10.9 Å². The third-order valence-electron chi connectivity index (χ3n) is 2.73. The second-order valence-electron chi connectivity index (χ2n) is 4.02. The minimum absolute atomic E-state index is 0.558. The molecule has 3 rings (SSSR count). The number of aryl methyl sites for hydroxylation is 1. The van der Waals surface area contributed by atoms with Gasteiger partial charge in [-0.2, -0.15) is 4.98 Å². The normalized spacial score (nSPS) is 10.8. The van der Waals surface area contributed by atoms with Crippen molar-refractivity contribution in [2.75, 3.05) is 7.11 Å². The van der Waals surface area contributed by atoms with Gasteiger partial charge in [0.15, 0.2) is 0 Å². The van der Waals surface area contributed by atoms with Crippen molar-refractivity contribution < 1.29 is 4.74 Å². The van der Waals surface area contributed by atoms with Gasteiger partial charge >= 0.3 is 0 Å². The Bertz CT molecular complexity index is 692. The van der Waals surface area contributed by atoms with E-state index in [9.17, 15) is 0 Å². The van der Waals surface area contributed by atoms with E-state index < -0.39 is 0 Å². The third kappa shape index (κ3) is 1.69. The molecule has 2 heterocycles. The van der Waals surface area contributed by atoms with Gasteiger partial charge in [0.1, 0.15) is 6.33 Å². The topological polar surface area (TPSA) is 52.8 Å². The number of hydrogen-bond donors (Lipinski definition) is 0. The Balaban J connectivity index is 2.29. The fourth-order valence-electron chi connectivity index (χ4n) is 1.85. The van der Waals surface area contributed by atoms with Gasteiger partial charge < -0.3 is 4.74 Å². The lowest BCUT2D eigenvalue weighted by molar-refractivity contribution is 0.402. The maximum atomic E-state index is 5.32. The molecule has 0 fully saturated rings. The second-order valence-corrected chi connectivity index (χ2v) is 4.02. The Hall–Kier alpha value is -2.43. The highest BCUT2D eigenvalue weighted by Gasteiger charge is 2.09. The molecule has 18 heavy (non-hydrogen) atoms. The largest absolute Gasteiger partial charge is 0.480 e. The molecular formula is C13H12N4O. The number of benzene rings is 1. The van der Waals surface area contributed by atoms with Crippen molar-refractivity contribution in [1.29, 1.82) is 0 Å². The number of nitrogens with zero attached hydrogens (tertiary/aromatic N) is 4. The molecule has 0 N–H and O–H groups in total. The molecular weight excluding hydrogens is 228 g/mol. The third-order valence-corrected chi connectivity index (χ3v) is 2.73. The van der Waals surface area contributed by atoms with Crippen molar-refractivity contribution in [2.24, 2.45) is 0 Å². The highest BCUT2D eigenvalue weighted by atomic mass is 16.5. The summed E-state index contributed by atoms with van der Waals surface area (Å²) < 4.78 is 7.08. The molecule has 3 aromatic rings. The average molecular weight is 240 g/mol. The highest BCUT2D eigenvalue weighted by molar-refractivity contribution is 5.84. The van der Waals surface area contributed by atoms with Crippen molar-refractivity contribution in [2.45, 2.75) is 6.92 Å². The van der Waals surface area contributed by atoms with Crippen LogP contribution in [0.15, 0.2) is 36.9 Å². The molecule has 0 aliphatic heterocycles. The summed E-state index contributed by atoms with van der Waals surface area (Å²) >= 11 is 0. The van der Waals surface area contributed by atoms with Gasteiger partial charge in [-0.15, -0.1) is 0 Å². The number of fused-ring (bicyclic) bond motifs is 1. The van der Waals surface area contributed by atoms with Crippen LogP contribution in [0.3, 0.4) is 0 Å². The van der Waals surface area contributed by atoms with Crippen molar-refractivity contribution in [3.05, 3.63) is 42.5 Å². The molecule has 0 saturated carbocycles. The first-order chi connectivity index (χ1) is 8.78. The molecule has 0 aliphatic rings. The van der Waals surface area contributed by atoms with Crippen LogP contribution in [-0.2, 0) is 0 Å². The van der Waals surface area contributed by atoms with Crippen LogP contribution in [0, 0.1) is 6.92 Å². The fourth-order valence-corrected chi connectivity index (χ4v) is 1.85. The van der Waals surface area contributed by atoms with Crippen LogP contribution in [0.5, 0.6) is 5.88 Å². The van der Waals surface area contributed by atoms with E-state index in [2.05, 4.69) is 15.0 Å². The average Bonchev–Trinajstić information content (AvgIpc) is 2.90. The molecule has 0 amide bonds. The summed E-state index contributed by atoms with van der Waals surface area (Å²) in [7, 11) is 1.61. The quantitative estimate of drug-likeness (QED) is 0.688. The number of rotatable bonds is 2. The molecule has 0 radical (unpaired) electrons. The van der Waals surface area contributed by atoms with E-state index >= 15 is 0 Å². The maximum absolute atomic E-state index is 5.32. The van der Waals surface area contributed by atoms with E-state index in [0.29, 0.717) is 11.8 Å².